The van der Waals surface area contributed by atoms with Crippen molar-refractivity contribution in [2.45, 2.75) is 26.1 Å². The van der Waals surface area contributed by atoms with Gasteiger partial charge in [-0.2, -0.15) is 11.8 Å². The van der Waals surface area contributed by atoms with Crippen molar-refractivity contribution >= 4 is 11.8 Å². The lowest BCUT2D eigenvalue weighted by molar-refractivity contribution is 0.480. The quantitative estimate of drug-likeness (QED) is 0.883. The Bertz CT molecular complexity index is 468. The summed E-state index contributed by atoms with van der Waals surface area (Å²) in [6, 6.07) is 8.28. The molecular formula is C13H18N2OS. The topological polar surface area (TPSA) is 30.1 Å². The Balaban J connectivity index is 1.97. The molecule has 0 aromatic carbocycles. The maximum atomic E-state index is 5.71. The zero-order valence-electron chi connectivity index (χ0n) is 10.5. The molecule has 4 heteroatoms. The van der Waals surface area contributed by atoms with Crippen LogP contribution in [-0.4, -0.2) is 10.9 Å². The SMILES string of the molecule is CSCc1ccc(CNn2c(C)ccc2C)o1. The molecule has 0 aliphatic carbocycles. The van der Waals surface area contributed by atoms with Crippen molar-refractivity contribution in [3.8, 4) is 0 Å². The summed E-state index contributed by atoms with van der Waals surface area (Å²) in [5.74, 6) is 2.94. The summed E-state index contributed by atoms with van der Waals surface area (Å²) in [4.78, 5) is 0. The van der Waals surface area contributed by atoms with E-state index in [9.17, 15) is 0 Å². The summed E-state index contributed by atoms with van der Waals surface area (Å²) in [7, 11) is 0. The van der Waals surface area contributed by atoms with E-state index in [2.05, 4.69) is 42.3 Å². The lowest BCUT2D eigenvalue weighted by Crippen LogP contribution is -2.16. The number of hydrogen-bond donors (Lipinski definition) is 1. The van der Waals surface area contributed by atoms with Crippen LogP contribution in [-0.2, 0) is 12.3 Å². The van der Waals surface area contributed by atoms with E-state index in [1.165, 1.54) is 11.4 Å². The molecule has 0 saturated heterocycles. The minimum Gasteiger partial charge on any atom is -0.463 e. The third kappa shape index (κ3) is 2.88. The van der Waals surface area contributed by atoms with Gasteiger partial charge in [-0.1, -0.05) is 0 Å². The van der Waals surface area contributed by atoms with Gasteiger partial charge in [-0.3, -0.25) is 4.68 Å². The summed E-state index contributed by atoms with van der Waals surface area (Å²) in [6.45, 7) is 4.88. The van der Waals surface area contributed by atoms with Crippen LogP contribution in [0.25, 0.3) is 0 Å². The van der Waals surface area contributed by atoms with Gasteiger partial charge in [-0.25, -0.2) is 0 Å². The van der Waals surface area contributed by atoms with Crippen LogP contribution < -0.4 is 5.43 Å². The summed E-state index contributed by atoms with van der Waals surface area (Å²) in [5.41, 5.74) is 5.76. The second-order valence-electron chi connectivity index (χ2n) is 4.09. The Hall–Kier alpha value is -1.29. The van der Waals surface area contributed by atoms with Gasteiger partial charge in [0, 0.05) is 11.4 Å². The molecule has 0 aliphatic heterocycles. The van der Waals surface area contributed by atoms with E-state index in [4.69, 9.17) is 4.42 Å². The maximum absolute atomic E-state index is 5.71. The molecular weight excluding hydrogens is 232 g/mol. The van der Waals surface area contributed by atoms with Gasteiger partial charge in [0.25, 0.3) is 0 Å². The number of nitrogens with zero attached hydrogens (tertiary/aromatic N) is 1. The highest BCUT2D eigenvalue weighted by molar-refractivity contribution is 7.97. The predicted molar refractivity (Wildman–Crippen MR) is 72.9 cm³/mol. The molecule has 92 valence electrons. The fourth-order valence-corrected chi connectivity index (χ4v) is 2.25. The van der Waals surface area contributed by atoms with Gasteiger partial charge < -0.3 is 9.84 Å². The largest absolute Gasteiger partial charge is 0.463 e. The van der Waals surface area contributed by atoms with Crippen LogP contribution in [0.2, 0.25) is 0 Å². The van der Waals surface area contributed by atoms with E-state index < -0.39 is 0 Å². The monoisotopic (exact) mass is 250 g/mol. The van der Waals surface area contributed by atoms with E-state index in [1.54, 1.807) is 11.8 Å². The molecule has 0 saturated carbocycles. The third-order valence-corrected chi connectivity index (χ3v) is 3.26. The van der Waals surface area contributed by atoms with Crippen molar-refractivity contribution < 1.29 is 4.42 Å². The smallest absolute Gasteiger partial charge is 0.124 e. The molecule has 3 nitrogen and oxygen atoms in total. The van der Waals surface area contributed by atoms with E-state index >= 15 is 0 Å². The lowest BCUT2D eigenvalue weighted by atomic mass is 10.4. The fraction of sp³-hybridized carbons (Fsp3) is 0.385. The summed E-state index contributed by atoms with van der Waals surface area (Å²) in [5, 5.41) is 0. The summed E-state index contributed by atoms with van der Waals surface area (Å²) in [6.07, 6.45) is 2.08. The standard InChI is InChI=1S/C13H18N2OS/c1-10-4-5-11(2)15(10)14-8-12-6-7-13(16-12)9-17-3/h4-7,14H,8-9H2,1-3H3. The van der Waals surface area contributed by atoms with Crippen LogP contribution in [0.5, 0.6) is 0 Å². The van der Waals surface area contributed by atoms with Gasteiger partial charge in [0.2, 0.25) is 0 Å². The number of aryl methyl sites for hydroxylation is 2. The average molecular weight is 250 g/mol. The highest BCUT2D eigenvalue weighted by atomic mass is 32.2. The number of nitrogens with one attached hydrogen (secondary N) is 1. The molecule has 2 rings (SSSR count). The average Bonchev–Trinajstić information content (AvgIpc) is 2.86. The first-order valence-electron chi connectivity index (χ1n) is 5.66. The fourth-order valence-electron chi connectivity index (χ4n) is 1.81. The first-order chi connectivity index (χ1) is 8.20. The molecule has 0 spiro atoms. The number of aromatic nitrogens is 1. The number of hydrogen-bond acceptors (Lipinski definition) is 3. The van der Waals surface area contributed by atoms with Gasteiger partial charge in [0.1, 0.15) is 11.5 Å². The van der Waals surface area contributed by atoms with Crippen molar-refractivity contribution in [2.24, 2.45) is 0 Å². The molecule has 17 heavy (non-hydrogen) atoms. The Labute approximate surface area is 106 Å². The molecule has 0 aliphatic rings. The summed E-state index contributed by atoms with van der Waals surface area (Å²) < 4.78 is 7.79. The Morgan fingerprint density at radius 3 is 2.41 bits per heavy atom. The second kappa shape index (κ2) is 5.36. The van der Waals surface area contributed by atoms with Gasteiger partial charge in [0.15, 0.2) is 0 Å². The number of furan rings is 1. The van der Waals surface area contributed by atoms with Crippen molar-refractivity contribution in [1.82, 2.24) is 4.68 Å². The first kappa shape index (κ1) is 12.2. The zero-order valence-corrected chi connectivity index (χ0v) is 11.3. The van der Waals surface area contributed by atoms with Crippen molar-refractivity contribution in [3.63, 3.8) is 0 Å². The van der Waals surface area contributed by atoms with Crippen LogP contribution in [0, 0.1) is 13.8 Å². The van der Waals surface area contributed by atoms with Crippen LogP contribution >= 0.6 is 11.8 Å². The maximum Gasteiger partial charge on any atom is 0.124 e. The molecule has 2 heterocycles. The number of rotatable bonds is 5. The minimum atomic E-state index is 0.713. The van der Waals surface area contributed by atoms with E-state index in [0.29, 0.717) is 6.54 Å². The predicted octanol–water partition coefficient (Wildman–Crippen LogP) is 3.30. The second-order valence-corrected chi connectivity index (χ2v) is 4.95. The van der Waals surface area contributed by atoms with Gasteiger partial charge in [-0.05, 0) is 44.4 Å². The van der Waals surface area contributed by atoms with Crippen LogP contribution in [0.4, 0.5) is 0 Å². The van der Waals surface area contributed by atoms with Crippen LogP contribution in [0.15, 0.2) is 28.7 Å². The third-order valence-electron chi connectivity index (χ3n) is 2.69. The molecule has 0 amide bonds. The molecule has 0 bridgehead atoms. The molecule has 2 aromatic rings. The Morgan fingerprint density at radius 1 is 1.12 bits per heavy atom. The molecule has 0 atom stereocenters. The molecule has 0 radical (unpaired) electrons. The first-order valence-corrected chi connectivity index (χ1v) is 7.05. The molecule has 2 aromatic heterocycles. The number of thioether (sulfide) groups is 1. The van der Waals surface area contributed by atoms with Crippen LogP contribution in [0.1, 0.15) is 22.9 Å². The van der Waals surface area contributed by atoms with Gasteiger partial charge in [-0.15, -0.1) is 0 Å². The van der Waals surface area contributed by atoms with E-state index in [0.717, 1.165) is 17.3 Å². The Morgan fingerprint density at radius 2 is 1.76 bits per heavy atom. The Kier molecular flexibility index (Phi) is 3.84. The van der Waals surface area contributed by atoms with Crippen molar-refractivity contribution in [2.75, 3.05) is 11.7 Å². The van der Waals surface area contributed by atoms with Gasteiger partial charge in [0.05, 0.1) is 12.3 Å². The summed E-state index contributed by atoms with van der Waals surface area (Å²) >= 11 is 1.77. The molecule has 0 fully saturated rings. The van der Waals surface area contributed by atoms with Crippen molar-refractivity contribution in [1.29, 1.82) is 0 Å². The molecule has 1 N–H and O–H groups in total. The van der Waals surface area contributed by atoms with Gasteiger partial charge >= 0.3 is 0 Å². The highest BCUT2D eigenvalue weighted by Gasteiger charge is 2.03. The lowest BCUT2D eigenvalue weighted by Gasteiger charge is -2.11. The van der Waals surface area contributed by atoms with E-state index in [-0.39, 0.29) is 0 Å². The minimum absolute atomic E-state index is 0.713. The van der Waals surface area contributed by atoms with E-state index in [1.807, 2.05) is 12.1 Å². The van der Waals surface area contributed by atoms with Crippen LogP contribution in [0.3, 0.4) is 0 Å². The van der Waals surface area contributed by atoms with Crippen molar-refractivity contribution in [3.05, 3.63) is 47.2 Å². The highest BCUT2D eigenvalue weighted by Crippen LogP contribution is 2.14. The molecule has 0 unspecified atom stereocenters. The zero-order chi connectivity index (χ0) is 12.3. The normalized spacial score (nSPS) is 10.8.